The van der Waals surface area contributed by atoms with Crippen LogP contribution >= 0.6 is 23.4 Å². The number of benzene rings is 1. The van der Waals surface area contributed by atoms with E-state index in [1.54, 1.807) is 24.3 Å². The summed E-state index contributed by atoms with van der Waals surface area (Å²) in [6, 6.07) is 7.31. The van der Waals surface area contributed by atoms with E-state index in [4.69, 9.17) is 11.6 Å². The van der Waals surface area contributed by atoms with E-state index >= 15 is 0 Å². The maximum absolute atomic E-state index is 12.0. The summed E-state index contributed by atoms with van der Waals surface area (Å²) in [7, 11) is 0. The molecule has 1 saturated heterocycles. The molecule has 1 aliphatic rings. The molecule has 6 heteroatoms. The first kappa shape index (κ1) is 17.3. The van der Waals surface area contributed by atoms with Crippen LogP contribution in [0.5, 0.6) is 0 Å². The van der Waals surface area contributed by atoms with E-state index in [0.29, 0.717) is 28.1 Å². The van der Waals surface area contributed by atoms with E-state index in [9.17, 15) is 9.59 Å². The second kappa shape index (κ2) is 8.56. The van der Waals surface area contributed by atoms with E-state index in [2.05, 4.69) is 17.6 Å². The molecule has 1 heterocycles. The number of nitrogens with one attached hydrogen (secondary N) is 2. The smallest absolute Gasteiger partial charge is 0.230 e. The highest BCUT2D eigenvalue weighted by Gasteiger charge is 2.22. The number of carbonyl (C=O) groups is 2. The first-order valence-corrected chi connectivity index (χ1v) is 8.99. The number of carbonyl (C=O) groups excluding carboxylic acids is 2. The van der Waals surface area contributed by atoms with Gasteiger partial charge in [-0.05, 0) is 50.6 Å². The molecular formula is C16H21ClN2O2S. The lowest BCUT2D eigenvalue weighted by Gasteiger charge is -2.30. The first-order valence-electron chi connectivity index (χ1n) is 7.45. The second-order valence-electron chi connectivity index (χ2n) is 5.48. The molecular weight excluding hydrogens is 320 g/mol. The summed E-state index contributed by atoms with van der Waals surface area (Å²) in [4.78, 5) is 23.9. The minimum Gasteiger partial charge on any atom is -0.351 e. The number of thioether (sulfide) groups is 1. The first-order chi connectivity index (χ1) is 10.6. The Hall–Kier alpha value is -1.04. The third-order valence-electron chi connectivity index (χ3n) is 3.74. The molecule has 4 nitrogen and oxygen atoms in total. The Morgan fingerprint density at radius 1 is 1.32 bits per heavy atom. The standard InChI is InChI=1S/C16H21ClN2O2S/c1-11-14(3-2-8-18-11)19-16(21)10-22-9-15(20)12-4-6-13(17)7-5-12/h4-7,11,14,18H,2-3,8-10H2,1H3,(H,19,21). The summed E-state index contributed by atoms with van der Waals surface area (Å²) in [5.41, 5.74) is 0.627. The average Bonchev–Trinajstić information content (AvgIpc) is 2.50. The highest BCUT2D eigenvalue weighted by Crippen LogP contribution is 2.13. The summed E-state index contributed by atoms with van der Waals surface area (Å²) in [6.07, 6.45) is 2.09. The number of hydrogen-bond acceptors (Lipinski definition) is 4. The Kier molecular flexibility index (Phi) is 6.73. The third kappa shape index (κ3) is 5.30. The van der Waals surface area contributed by atoms with Crippen LogP contribution in [0.2, 0.25) is 5.02 Å². The molecule has 22 heavy (non-hydrogen) atoms. The summed E-state index contributed by atoms with van der Waals surface area (Å²) in [5, 5.41) is 7.00. The Labute approximate surface area is 140 Å². The zero-order valence-electron chi connectivity index (χ0n) is 12.6. The van der Waals surface area contributed by atoms with E-state index in [0.717, 1.165) is 19.4 Å². The van der Waals surface area contributed by atoms with Crippen LogP contribution in [0.3, 0.4) is 0 Å². The molecule has 0 aliphatic carbocycles. The van der Waals surface area contributed by atoms with Gasteiger partial charge < -0.3 is 10.6 Å². The van der Waals surface area contributed by atoms with Gasteiger partial charge in [-0.2, -0.15) is 0 Å². The van der Waals surface area contributed by atoms with Crippen molar-refractivity contribution < 1.29 is 9.59 Å². The van der Waals surface area contributed by atoms with Crippen LogP contribution in [0.15, 0.2) is 24.3 Å². The fraction of sp³-hybridized carbons (Fsp3) is 0.500. The van der Waals surface area contributed by atoms with Gasteiger partial charge in [-0.25, -0.2) is 0 Å². The fourth-order valence-corrected chi connectivity index (χ4v) is 3.29. The fourth-order valence-electron chi connectivity index (χ4n) is 2.45. The highest BCUT2D eigenvalue weighted by molar-refractivity contribution is 8.00. The molecule has 1 aromatic carbocycles. The molecule has 1 fully saturated rings. The molecule has 1 aliphatic heterocycles. The lowest BCUT2D eigenvalue weighted by Crippen LogP contribution is -2.52. The largest absolute Gasteiger partial charge is 0.351 e. The number of Topliss-reactive ketones (excluding diaryl/α,β-unsaturated/α-hetero) is 1. The van der Waals surface area contributed by atoms with Crippen molar-refractivity contribution in [3.8, 4) is 0 Å². The summed E-state index contributed by atoms with van der Waals surface area (Å²) < 4.78 is 0. The molecule has 120 valence electrons. The highest BCUT2D eigenvalue weighted by atomic mass is 35.5. The quantitative estimate of drug-likeness (QED) is 0.781. The molecule has 0 bridgehead atoms. The Morgan fingerprint density at radius 2 is 2.05 bits per heavy atom. The Morgan fingerprint density at radius 3 is 2.73 bits per heavy atom. The summed E-state index contributed by atoms with van der Waals surface area (Å²) >= 11 is 7.14. The maximum Gasteiger partial charge on any atom is 0.230 e. The monoisotopic (exact) mass is 340 g/mol. The number of hydrogen-bond donors (Lipinski definition) is 2. The van der Waals surface area contributed by atoms with Crippen molar-refractivity contribution in [2.75, 3.05) is 18.1 Å². The van der Waals surface area contributed by atoms with Gasteiger partial charge in [-0.15, -0.1) is 11.8 Å². The molecule has 1 amide bonds. The number of rotatable bonds is 6. The van der Waals surface area contributed by atoms with E-state index in [1.807, 2.05) is 0 Å². The molecule has 0 saturated carbocycles. The van der Waals surface area contributed by atoms with Crippen molar-refractivity contribution in [1.82, 2.24) is 10.6 Å². The van der Waals surface area contributed by atoms with Crippen LogP contribution < -0.4 is 10.6 Å². The molecule has 0 aromatic heterocycles. The van der Waals surface area contributed by atoms with Crippen LogP contribution in [-0.4, -0.2) is 41.8 Å². The number of halogens is 1. The summed E-state index contributed by atoms with van der Waals surface area (Å²) in [6.45, 7) is 3.10. The van der Waals surface area contributed by atoms with Crippen LogP contribution in [0.1, 0.15) is 30.1 Å². The second-order valence-corrected chi connectivity index (χ2v) is 6.90. The zero-order chi connectivity index (χ0) is 15.9. The molecule has 2 N–H and O–H groups in total. The molecule has 2 atom stereocenters. The molecule has 2 unspecified atom stereocenters. The van der Waals surface area contributed by atoms with E-state index in [1.165, 1.54) is 11.8 Å². The molecule has 0 radical (unpaired) electrons. The molecule has 1 aromatic rings. The van der Waals surface area contributed by atoms with Gasteiger partial charge in [-0.3, -0.25) is 9.59 Å². The minimum atomic E-state index is -0.00513. The molecule has 2 rings (SSSR count). The zero-order valence-corrected chi connectivity index (χ0v) is 14.2. The maximum atomic E-state index is 12.0. The van der Waals surface area contributed by atoms with Crippen LogP contribution in [0.25, 0.3) is 0 Å². The van der Waals surface area contributed by atoms with Gasteiger partial charge in [0, 0.05) is 22.7 Å². The van der Waals surface area contributed by atoms with Crippen molar-refractivity contribution in [1.29, 1.82) is 0 Å². The van der Waals surface area contributed by atoms with E-state index in [-0.39, 0.29) is 17.7 Å². The van der Waals surface area contributed by atoms with Crippen molar-refractivity contribution in [2.24, 2.45) is 0 Å². The van der Waals surface area contributed by atoms with Gasteiger partial charge >= 0.3 is 0 Å². The van der Waals surface area contributed by atoms with Gasteiger partial charge in [0.05, 0.1) is 11.5 Å². The minimum absolute atomic E-state index is 0.00513. The van der Waals surface area contributed by atoms with Crippen LogP contribution in [0, 0.1) is 0 Å². The number of ketones is 1. The van der Waals surface area contributed by atoms with Crippen LogP contribution in [-0.2, 0) is 4.79 Å². The molecule has 0 spiro atoms. The predicted octanol–water partition coefficient (Wildman–Crippen LogP) is 2.51. The Bertz CT molecular complexity index is 521. The number of piperidine rings is 1. The van der Waals surface area contributed by atoms with Gasteiger partial charge in [0.25, 0.3) is 0 Å². The average molecular weight is 341 g/mol. The van der Waals surface area contributed by atoms with Crippen LogP contribution in [0.4, 0.5) is 0 Å². The topological polar surface area (TPSA) is 58.2 Å². The lowest BCUT2D eigenvalue weighted by atomic mass is 10.00. The third-order valence-corrected chi connectivity index (χ3v) is 4.93. The lowest BCUT2D eigenvalue weighted by molar-refractivity contribution is -0.119. The number of amides is 1. The van der Waals surface area contributed by atoms with Gasteiger partial charge in [0.2, 0.25) is 5.91 Å². The van der Waals surface area contributed by atoms with E-state index < -0.39 is 0 Å². The van der Waals surface area contributed by atoms with Gasteiger partial charge in [0.1, 0.15) is 0 Å². The van der Waals surface area contributed by atoms with Crippen molar-refractivity contribution in [3.63, 3.8) is 0 Å². The predicted molar refractivity (Wildman–Crippen MR) is 91.7 cm³/mol. The normalized spacial score (nSPS) is 21.4. The van der Waals surface area contributed by atoms with Crippen molar-refractivity contribution in [3.05, 3.63) is 34.9 Å². The van der Waals surface area contributed by atoms with Gasteiger partial charge in [0.15, 0.2) is 5.78 Å². The summed E-state index contributed by atoms with van der Waals surface area (Å²) in [5.74, 6) is 0.618. The van der Waals surface area contributed by atoms with Gasteiger partial charge in [-0.1, -0.05) is 11.6 Å². The van der Waals surface area contributed by atoms with Crippen molar-refractivity contribution >= 4 is 35.1 Å². The Balaban J connectivity index is 1.70. The van der Waals surface area contributed by atoms with Crippen molar-refractivity contribution in [2.45, 2.75) is 31.8 Å². The SMILES string of the molecule is CC1NCCCC1NC(=O)CSCC(=O)c1ccc(Cl)cc1.